The number of anilines is 1. The maximum absolute atomic E-state index is 11.9. The predicted octanol–water partition coefficient (Wildman–Crippen LogP) is 4.44. The van der Waals surface area contributed by atoms with Gasteiger partial charge in [0, 0.05) is 5.69 Å². The summed E-state index contributed by atoms with van der Waals surface area (Å²) >= 11 is 0. The normalized spacial score (nSPS) is 10.5. The Hall–Kier alpha value is -2.49. The van der Waals surface area contributed by atoms with Crippen LogP contribution in [0.25, 0.3) is 0 Å². The molecule has 0 aliphatic heterocycles. The molecule has 0 aliphatic carbocycles. The van der Waals surface area contributed by atoms with Crippen LogP contribution < -0.4 is 14.8 Å². The molecule has 1 amide bonds. The van der Waals surface area contributed by atoms with Gasteiger partial charge in [-0.15, -0.1) is 0 Å². The average Bonchev–Trinajstić information content (AvgIpc) is 2.57. The Morgan fingerprint density at radius 2 is 1.62 bits per heavy atom. The second-order valence-electron chi connectivity index (χ2n) is 5.84. The van der Waals surface area contributed by atoms with E-state index in [4.69, 9.17) is 9.47 Å². The molecule has 0 bridgehead atoms. The van der Waals surface area contributed by atoms with Crippen molar-refractivity contribution >= 4 is 11.6 Å². The summed E-state index contributed by atoms with van der Waals surface area (Å²) in [6.45, 7) is 6.42. The van der Waals surface area contributed by atoms with Crippen molar-refractivity contribution in [3.8, 4) is 11.5 Å². The number of amides is 1. The minimum Gasteiger partial charge on any atom is -0.493 e. The number of hydrogen-bond acceptors (Lipinski definition) is 3. The van der Waals surface area contributed by atoms with E-state index in [9.17, 15) is 4.79 Å². The maximum Gasteiger partial charge on any atom is 0.227 e. The molecule has 0 saturated carbocycles. The summed E-state index contributed by atoms with van der Waals surface area (Å²) < 4.78 is 11.2. The van der Waals surface area contributed by atoms with Crippen molar-refractivity contribution in [1.82, 2.24) is 0 Å². The molecule has 0 aromatic heterocycles. The van der Waals surface area contributed by atoms with Crippen molar-refractivity contribution in [2.24, 2.45) is 0 Å². The van der Waals surface area contributed by atoms with Crippen LogP contribution >= 0.6 is 0 Å². The number of hydrogen-bond donors (Lipinski definition) is 1. The second kappa shape index (κ2) is 8.96. The lowest BCUT2D eigenvalue weighted by molar-refractivity contribution is -0.116. The van der Waals surface area contributed by atoms with Crippen molar-refractivity contribution < 1.29 is 14.3 Å². The van der Waals surface area contributed by atoms with E-state index in [0.29, 0.717) is 13.0 Å². The fourth-order valence-electron chi connectivity index (χ4n) is 2.20. The largest absolute Gasteiger partial charge is 0.493 e. The first-order chi connectivity index (χ1) is 11.6. The van der Waals surface area contributed by atoms with Crippen molar-refractivity contribution in [3.63, 3.8) is 0 Å². The Kier molecular flexibility index (Phi) is 6.67. The molecule has 0 unspecified atom stereocenters. The Bertz CT molecular complexity index is 633. The number of nitrogens with one attached hydrogen (secondary N) is 1. The summed E-state index contributed by atoms with van der Waals surface area (Å²) in [6.07, 6.45) is 1.44. The van der Waals surface area contributed by atoms with Gasteiger partial charge in [0.15, 0.2) is 0 Å². The molecule has 4 heteroatoms. The molecule has 24 heavy (non-hydrogen) atoms. The Morgan fingerprint density at radius 3 is 2.21 bits per heavy atom. The van der Waals surface area contributed by atoms with Crippen LogP contribution in [-0.2, 0) is 11.2 Å². The number of carbonyl (C=O) groups excluding carboxylic acids is 1. The van der Waals surface area contributed by atoms with Gasteiger partial charge < -0.3 is 14.8 Å². The van der Waals surface area contributed by atoms with Crippen LogP contribution in [0, 0.1) is 0 Å². The smallest absolute Gasteiger partial charge is 0.227 e. The summed E-state index contributed by atoms with van der Waals surface area (Å²) in [7, 11) is 0. The highest BCUT2D eigenvalue weighted by Gasteiger charge is 2.04. The lowest BCUT2D eigenvalue weighted by Gasteiger charge is -2.11. The van der Waals surface area contributed by atoms with E-state index in [1.165, 1.54) is 5.56 Å². The first kappa shape index (κ1) is 17.9. The van der Waals surface area contributed by atoms with Gasteiger partial charge in [0.25, 0.3) is 0 Å². The summed E-state index contributed by atoms with van der Waals surface area (Å²) in [6, 6.07) is 15.3. The molecular formula is C20H25NO3. The van der Waals surface area contributed by atoms with Gasteiger partial charge in [-0.2, -0.15) is 0 Å². The van der Waals surface area contributed by atoms with Crippen LogP contribution in [0.1, 0.15) is 32.8 Å². The lowest BCUT2D eigenvalue weighted by atomic mass is 10.2. The molecule has 4 nitrogen and oxygen atoms in total. The molecule has 2 rings (SSSR count). The van der Waals surface area contributed by atoms with E-state index in [1.54, 1.807) is 0 Å². The van der Waals surface area contributed by atoms with Crippen LogP contribution in [0.2, 0.25) is 0 Å². The fraction of sp³-hybridized carbons (Fsp3) is 0.350. The highest BCUT2D eigenvalue weighted by Crippen LogP contribution is 2.17. The van der Waals surface area contributed by atoms with Crippen molar-refractivity contribution in [1.29, 1.82) is 0 Å². The summed E-state index contributed by atoms with van der Waals surface area (Å²) in [5.41, 5.74) is 2.02. The first-order valence-electron chi connectivity index (χ1n) is 8.35. The molecule has 128 valence electrons. The SMILES string of the molecule is CCc1ccc(OCCC(=O)Nc2ccc(OC(C)C)cc2)cc1. The van der Waals surface area contributed by atoms with Gasteiger partial charge in [0.05, 0.1) is 19.1 Å². The zero-order valence-electron chi connectivity index (χ0n) is 14.5. The number of ether oxygens (including phenoxy) is 2. The monoisotopic (exact) mass is 327 g/mol. The molecule has 0 spiro atoms. The summed E-state index contributed by atoms with van der Waals surface area (Å²) in [5.74, 6) is 1.51. The van der Waals surface area contributed by atoms with E-state index in [2.05, 4.69) is 12.2 Å². The molecule has 0 saturated heterocycles. The lowest BCUT2D eigenvalue weighted by Crippen LogP contribution is -2.15. The third-order valence-electron chi connectivity index (χ3n) is 3.44. The van der Waals surface area contributed by atoms with Gasteiger partial charge >= 0.3 is 0 Å². The highest BCUT2D eigenvalue weighted by atomic mass is 16.5. The summed E-state index contributed by atoms with van der Waals surface area (Å²) in [5, 5.41) is 2.85. The number of carbonyl (C=O) groups is 1. The molecule has 1 N–H and O–H groups in total. The van der Waals surface area contributed by atoms with Gasteiger partial charge in [-0.05, 0) is 62.2 Å². The van der Waals surface area contributed by atoms with Crippen LogP contribution in [-0.4, -0.2) is 18.6 Å². The molecule has 0 atom stereocenters. The zero-order valence-corrected chi connectivity index (χ0v) is 14.5. The second-order valence-corrected chi connectivity index (χ2v) is 5.84. The molecule has 0 aliphatic rings. The quantitative estimate of drug-likeness (QED) is 0.779. The average molecular weight is 327 g/mol. The van der Waals surface area contributed by atoms with Gasteiger partial charge in [-0.1, -0.05) is 19.1 Å². The Balaban J connectivity index is 1.74. The fourth-order valence-corrected chi connectivity index (χ4v) is 2.20. The van der Waals surface area contributed by atoms with Crippen molar-refractivity contribution in [3.05, 3.63) is 54.1 Å². The molecule has 2 aromatic rings. The van der Waals surface area contributed by atoms with E-state index >= 15 is 0 Å². The zero-order chi connectivity index (χ0) is 17.4. The van der Waals surface area contributed by atoms with E-state index < -0.39 is 0 Å². The third-order valence-corrected chi connectivity index (χ3v) is 3.44. The molecule has 0 radical (unpaired) electrons. The molecule has 0 heterocycles. The standard InChI is InChI=1S/C20H25NO3/c1-4-16-5-9-18(10-6-16)23-14-13-20(22)21-17-7-11-19(12-8-17)24-15(2)3/h5-12,15H,4,13-14H2,1-3H3,(H,21,22). The van der Waals surface area contributed by atoms with Crippen LogP contribution in [0.3, 0.4) is 0 Å². The third kappa shape index (κ3) is 5.95. The van der Waals surface area contributed by atoms with Gasteiger partial charge in [-0.3, -0.25) is 4.79 Å². The Labute approximate surface area is 143 Å². The van der Waals surface area contributed by atoms with Gasteiger partial charge in [0.2, 0.25) is 5.91 Å². The molecular weight excluding hydrogens is 302 g/mol. The van der Waals surface area contributed by atoms with Crippen LogP contribution in [0.4, 0.5) is 5.69 Å². The van der Waals surface area contributed by atoms with E-state index in [0.717, 1.165) is 23.6 Å². The van der Waals surface area contributed by atoms with Crippen LogP contribution in [0.15, 0.2) is 48.5 Å². The minimum atomic E-state index is -0.0716. The van der Waals surface area contributed by atoms with E-state index in [1.807, 2.05) is 62.4 Å². The molecule has 0 fully saturated rings. The Morgan fingerprint density at radius 1 is 1.00 bits per heavy atom. The van der Waals surface area contributed by atoms with Gasteiger partial charge in [0.1, 0.15) is 11.5 Å². The first-order valence-corrected chi connectivity index (χ1v) is 8.35. The van der Waals surface area contributed by atoms with Crippen molar-refractivity contribution in [2.45, 2.75) is 39.7 Å². The topological polar surface area (TPSA) is 47.6 Å². The number of rotatable bonds is 8. The minimum absolute atomic E-state index is 0.0716. The summed E-state index contributed by atoms with van der Waals surface area (Å²) in [4.78, 5) is 11.9. The van der Waals surface area contributed by atoms with Gasteiger partial charge in [-0.25, -0.2) is 0 Å². The highest BCUT2D eigenvalue weighted by molar-refractivity contribution is 5.90. The number of benzene rings is 2. The molecule has 2 aromatic carbocycles. The van der Waals surface area contributed by atoms with Crippen molar-refractivity contribution in [2.75, 3.05) is 11.9 Å². The maximum atomic E-state index is 11.9. The van der Waals surface area contributed by atoms with E-state index in [-0.39, 0.29) is 12.0 Å². The predicted molar refractivity (Wildman–Crippen MR) is 96.8 cm³/mol. The number of aryl methyl sites for hydroxylation is 1. The van der Waals surface area contributed by atoms with Crippen LogP contribution in [0.5, 0.6) is 11.5 Å².